The molecule has 1 aliphatic rings. The molecule has 1 unspecified atom stereocenters. The van der Waals surface area contributed by atoms with Crippen LogP contribution < -0.4 is 5.32 Å². The number of halogens is 1. The van der Waals surface area contributed by atoms with Gasteiger partial charge in [-0.25, -0.2) is 0 Å². The van der Waals surface area contributed by atoms with Gasteiger partial charge in [0.2, 0.25) is 0 Å². The van der Waals surface area contributed by atoms with Gasteiger partial charge in [0.25, 0.3) is 0 Å². The smallest absolute Gasteiger partial charge is 0.159 e. The van der Waals surface area contributed by atoms with Crippen LogP contribution in [0, 0.1) is 0 Å². The summed E-state index contributed by atoms with van der Waals surface area (Å²) in [5.41, 5.74) is 1.02. The van der Waals surface area contributed by atoms with Gasteiger partial charge in [0.1, 0.15) is 0 Å². The van der Waals surface area contributed by atoms with Gasteiger partial charge in [-0.15, -0.1) is 0 Å². The predicted molar refractivity (Wildman–Crippen MR) is 79.0 cm³/mol. The zero-order valence-corrected chi connectivity index (χ0v) is 13.2. The van der Waals surface area contributed by atoms with Crippen molar-refractivity contribution in [2.75, 3.05) is 19.8 Å². The maximum atomic E-state index is 6.34. The molecule has 1 saturated heterocycles. The van der Waals surface area contributed by atoms with Gasteiger partial charge in [0.15, 0.2) is 6.29 Å². The zero-order valence-electron chi connectivity index (χ0n) is 12.4. The highest BCUT2D eigenvalue weighted by Crippen LogP contribution is 2.30. The van der Waals surface area contributed by atoms with Crippen molar-refractivity contribution in [3.63, 3.8) is 0 Å². The average Bonchev–Trinajstić information content (AvgIpc) is 3.04. The molecule has 0 bridgehead atoms. The minimum Gasteiger partial charge on any atom is -0.350 e. The lowest BCUT2D eigenvalue weighted by atomic mass is 10.1. The van der Waals surface area contributed by atoms with Crippen molar-refractivity contribution in [3.8, 4) is 0 Å². The fourth-order valence-electron chi connectivity index (χ4n) is 2.43. The van der Waals surface area contributed by atoms with Crippen molar-refractivity contribution in [1.29, 1.82) is 0 Å². The minimum atomic E-state index is -0.157. The van der Waals surface area contributed by atoms with Crippen LogP contribution in [0.15, 0.2) is 6.20 Å². The van der Waals surface area contributed by atoms with Gasteiger partial charge in [-0.1, -0.05) is 18.5 Å². The van der Waals surface area contributed by atoms with Crippen LogP contribution >= 0.6 is 11.6 Å². The zero-order chi connectivity index (χ0) is 14.5. The van der Waals surface area contributed by atoms with Crippen LogP contribution in [0.3, 0.4) is 0 Å². The summed E-state index contributed by atoms with van der Waals surface area (Å²) in [6.45, 7) is 8.62. The van der Waals surface area contributed by atoms with Crippen LogP contribution in [-0.4, -0.2) is 35.8 Å². The van der Waals surface area contributed by atoms with E-state index in [2.05, 4.69) is 31.2 Å². The molecule has 1 N–H and O–H groups in total. The van der Waals surface area contributed by atoms with Crippen LogP contribution in [0.5, 0.6) is 0 Å². The normalized spacial score (nSPS) is 18.1. The second kappa shape index (κ2) is 7.41. The number of aromatic nitrogens is 2. The van der Waals surface area contributed by atoms with Gasteiger partial charge in [0, 0.05) is 12.5 Å². The number of hydrogen-bond acceptors (Lipinski definition) is 4. The Balaban J connectivity index is 2.18. The second-order valence-electron chi connectivity index (χ2n) is 5.33. The highest BCUT2D eigenvalue weighted by atomic mass is 35.5. The summed E-state index contributed by atoms with van der Waals surface area (Å²) < 4.78 is 13.1. The van der Waals surface area contributed by atoms with Gasteiger partial charge < -0.3 is 14.8 Å². The van der Waals surface area contributed by atoms with Crippen molar-refractivity contribution in [2.24, 2.45) is 0 Å². The Labute approximate surface area is 125 Å². The molecule has 1 fully saturated rings. The average molecular weight is 302 g/mol. The molecule has 0 amide bonds. The van der Waals surface area contributed by atoms with Gasteiger partial charge >= 0.3 is 0 Å². The first-order valence-electron chi connectivity index (χ1n) is 7.33. The number of nitrogens with zero attached hydrogens (tertiary/aromatic N) is 2. The summed E-state index contributed by atoms with van der Waals surface area (Å²) in [4.78, 5) is 0. The summed E-state index contributed by atoms with van der Waals surface area (Å²) in [7, 11) is 0. The Morgan fingerprint density at radius 3 is 2.75 bits per heavy atom. The molecule has 0 spiro atoms. The van der Waals surface area contributed by atoms with Gasteiger partial charge in [-0.3, -0.25) is 4.68 Å². The van der Waals surface area contributed by atoms with Crippen molar-refractivity contribution < 1.29 is 9.47 Å². The lowest BCUT2D eigenvalue weighted by molar-refractivity contribution is -0.0535. The summed E-state index contributed by atoms with van der Waals surface area (Å²) in [6, 6.07) is 0.365. The standard InChI is InChI=1S/C14H24ClN3O2/c1-4-5-16-12(8-13-19-6-7-20-13)14-11(15)9-17-18(14)10(2)3/h9-10,12-13,16H,4-8H2,1-3H3. The summed E-state index contributed by atoms with van der Waals surface area (Å²) in [5.74, 6) is 0. The van der Waals surface area contributed by atoms with Crippen LogP contribution in [0.25, 0.3) is 0 Å². The number of ether oxygens (including phenoxy) is 2. The van der Waals surface area contributed by atoms with Crippen molar-refractivity contribution >= 4 is 11.6 Å². The lowest BCUT2D eigenvalue weighted by Crippen LogP contribution is -2.29. The Morgan fingerprint density at radius 1 is 1.45 bits per heavy atom. The monoisotopic (exact) mass is 301 g/mol. The van der Waals surface area contributed by atoms with Gasteiger partial charge in [-0.05, 0) is 26.8 Å². The van der Waals surface area contributed by atoms with Crippen molar-refractivity contribution in [2.45, 2.75) is 52.0 Å². The van der Waals surface area contributed by atoms with Crippen molar-refractivity contribution in [3.05, 3.63) is 16.9 Å². The summed E-state index contributed by atoms with van der Waals surface area (Å²) >= 11 is 6.34. The molecule has 2 heterocycles. The van der Waals surface area contributed by atoms with Crippen LogP contribution in [0.2, 0.25) is 5.02 Å². The fraction of sp³-hybridized carbons (Fsp3) is 0.786. The SMILES string of the molecule is CCCNC(CC1OCCO1)c1c(Cl)cnn1C(C)C. The Bertz CT molecular complexity index is 417. The van der Waals surface area contributed by atoms with E-state index in [1.54, 1.807) is 6.20 Å². The first-order chi connectivity index (χ1) is 9.63. The van der Waals surface area contributed by atoms with E-state index in [0.29, 0.717) is 18.2 Å². The highest BCUT2D eigenvalue weighted by Gasteiger charge is 2.27. The Kier molecular flexibility index (Phi) is 5.84. The van der Waals surface area contributed by atoms with Crippen LogP contribution in [-0.2, 0) is 9.47 Å². The first kappa shape index (κ1) is 15.8. The van der Waals surface area contributed by atoms with E-state index in [1.807, 2.05) is 4.68 Å². The maximum Gasteiger partial charge on any atom is 0.159 e. The fourth-order valence-corrected chi connectivity index (χ4v) is 2.70. The molecule has 0 aliphatic carbocycles. The van der Waals surface area contributed by atoms with E-state index in [9.17, 15) is 0 Å². The number of hydrogen-bond donors (Lipinski definition) is 1. The Hall–Kier alpha value is -0.620. The Morgan fingerprint density at radius 2 is 2.15 bits per heavy atom. The predicted octanol–water partition coefficient (Wildman–Crippen LogP) is 2.92. The maximum absolute atomic E-state index is 6.34. The molecule has 1 aromatic rings. The third kappa shape index (κ3) is 3.73. The molecule has 2 rings (SSSR count). The molecule has 1 aromatic heterocycles. The molecule has 1 atom stereocenters. The molecule has 114 valence electrons. The first-order valence-corrected chi connectivity index (χ1v) is 7.70. The summed E-state index contributed by atoms with van der Waals surface area (Å²) in [6.07, 6.45) is 3.37. The molecule has 1 aliphatic heterocycles. The molecule has 5 nitrogen and oxygen atoms in total. The molecular weight excluding hydrogens is 278 g/mol. The molecule has 0 radical (unpaired) electrons. The molecule has 0 saturated carbocycles. The topological polar surface area (TPSA) is 48.3 Å². The van der Waals surface area contributed by atoms with Crippen molar-refractivity contribution in [1.82, 2.24) is 15.1 Å². The van der Waals surface area contributed by atoms with E-state index in [4.69, 9.17) is 21.1 Å². The molecule has 20 heavy (non-hydrogen) atoms. The van der Waals surface area contributed by atoms with E-state index in [-0.39, 0.29) is 18.4 Å². The third-order valence-corrected chi connectivity index (χ3v) is 3.66. The molecular formula is C14H24ClN3O2. The van der Waals surface area contributed by atoms with Gasteiger partial charge in [-0.2, -0.15) is 5.10 Å². The van der Waals surface area contributed by atoms with Crippen LogP contribution in [0.4, 0.5) is 0 Å². The number of rotatable bonds is 7. The highest BCUT2D eigenvalue weighted by molar-refractivity contribution is 6.31. The van der Waals surface area contributed by atoms with Gasteiger partial charge in [0.05, 0.1) is 36.2 Å². The summed E-state index contributed by atoms with van der Waals surface area (Å²) in [5, 5.41) is 8.61. The molecule has 0 aromatic carbocycles. The van der Waals surface area contributed by atoms with E-state index >= 15 is 0 Å². The quantitative estimate of drug-likeness (QED) is 0.841. The minimum absolute atomic E-state index is 0.0930. The van der Waals surface area contributed by atoms with Crippen LogP contribution in [0.1, 0.15) is 51.4 Å². The molecule has 6 heteroatoms. The largest absolute Gasteiger partial charge is 0.350 e. The number of nitrogens with one attached hydrogen (secondary N) is 1. The van der Waals surface area contributed by atoms with E-state index in [0.717, 1.165) is 25.1 Å². The third-order valence-electron chi connectivity index (χ3n) is 3.37. The second-order valence-corrected chi connectivity index (χ2v) is 5.74. The van der Waals surface area contributed by atoms with E-state index < -0.39 is 0 Å². The lowest BCUT2D eigenvalue weighted by Gasteiger charge is -2.24. The van der Waals surface area contributed by atoms with E-state index in [1.165, 1.54) is 0 Å².